The Hall–Kier alpha value is -7.83. The summed E-state index contributed by atoms with van der Waals surface area (Å²) >= 11 is 1.10. The molecule has 0 spiro atoms. The average Bonchev–Trinajstić information content (AvgIpc) is 2.12. The molecule has 10 N–H and O–H groups in total. The molecule has 0 radical (unpaired) electrons. The van der Waals surface area contributed by atoms with Crippen molar-refractivity contribution in [2.75, 3.05) is 32.5 Å². The summed E-state index contributed by atoms with van der Waals surface area (Å²) < 4.78 is 11.7. The van der Waals surface area contributed by atoms with Gasteiger partial charge >= 0.3 is 24.2 Å². The lowest BCUT2D eigenvalue weighted by molar-refractivity contribution is -0.147. The van der Waals surface area contributed by atoms with Crippen LogP contribution in [-0.4, -0.2) is 143 Å². The molecular formula is C65H101N11O13S. The van der Waals surface area contributed by atoms with Crippen LogP contribution in [0.25, 0.3) is 0 Å². The predicted molar refractivity (Wildman–Crippen MR) is 346 cm³/mol. The predicted octanol–water partition coefficient (Wildman–Crippen LogP) is 8.45. The maximum atomic E-state index is 15.2. The van der Waals surface area contributed by atoms with E-state index in [9.17, 15) is 48.3 Å². The molecule has 2 aromatic carbocycles. The molecule has 0 aliphatic rings. The van der Waals surface area contributed by atoms with Crippen LogP contribution in [0.4, 0.5) is 20.1 Å². The number of alkyl carbamates (subject to hydrolysis) is 1. The number of unbranched alkanes of at least 4 members (excludes halogenated alkanes) is 2. The number of hydrogen-bond donors (Lipinski definition) is 9. The molecule has 0 unspecified atom stereocenters. The summed E-state index contributed by atoms with van der Waals surface area (Å²) in [6, 6.07) is 9.86. The van der Waals surface area contributed by atoms with E-state index in [2.05, 4.69) is 42.2 Å². The second-order valence-corrected chi connectivity index (χ2v) is 25.6. The second kappa shape index (κ2) is 38.0. The van der Waals surface area contributed by atoms with Crippen molar-refractivity contribution in [2.24, 2.45) is 34.8 Å². The van der Waals surface area contributed by atoms with Crippen LogP contribution in [0.2, 0.25) is 0 Å². The Labute approximate surface area is 535 Å². The highest BCUT2D eigenvalue weighted by molar-refractivity contribution is 7.09. The number of carbonyl (C=O) groups excluding carboxylic acids is 9. The van der Waals surface area contributed by atoms with Gasteiger partial charge in [-0.05, 0) is 99.3 Å². The number of rotatable bonds is 38. The largest absolute Gasteiger partial charge is 0.481 e. The molecule has 24 nitrogen and oxygen atoms in total. The third-order valence-electron chi connectivity index (χ3n) is 15.7. The van der Waals surface area contributed by atoms with Crippen molar-refractivity contribution < 1.29 is 62.5 Å². The number of hydrogen-bond acceptors (Lipinski definition) is 14. The lowest BCUT2D eigenvalue weighted by Crippen LogP contribution is -2.59. The molecule has 0 saturated heterocycles. The number of thiazole rings is 1. The number of ether oxygens (including phenoxy) is 2. The van der Waals surface area contributed by atoms with Gasteiger partial charge in [0.05, 0.1) is 5.41 Å². The molecule has 0 saturated carbocycles. The molecule has 0 aliphatic carbocycles. The molecule has 10 amide bonds. The SMILES string of the molecule is CCCCCC(=O)N[C@H](C(=O)N[C@@H](CCCNC(N)=O)C(=O)Nc1ccc(COC(=O)N(C)[C@@H](C(=O)N[C@H](C(=O)N(CCC)[C@H](C[C@@H](OC(=O)NC)c2nc(C(=O)N[C@@H](Cc3ccccc3)CC(C)(C)C(=O)O)cs2)C(C)C)[C@@H](C)CC)C(C)C)cc1)C(C)C. The first-order chi connectivity index (χ1) is 42.5. The van der Waals surface area contributed by atoms with Crippen LogP contribution >= 0.6 is 11.3 Å². The molecule has 90 heavy (non-hydrogen) atoms. The molecule has 500 valence electrons. The fourth-order valence-corrected chi connectivity index (χ4v) is 11.1. The van der Waals surface area contributed by atoms with Gasteiger partial charge < -0.3 is 62.4 Å². The Balaban J connectivity index is 1.82. The molecule has 8 atom stereocenters. The first-order valence-corrected chi connectivity index (χ1v) is 32.3. The Morgan fingerprint density at radius 3 is 1.99 bits per heavy atom. The van der Waals surface area contributed by atoms with Gasteiger partial charge in [0, 0.05) is 63.2 Å². The highest BCUT2D eigenvalue weighted by Gasteiger charge is 2.40. The van der Waals surface area contributed by atoms with Crippen molar-refractivity contribution in [3.05, 3.63) is 81.8 Å². The van der Waals surface area contributed by atoms with E-state index < -0.39 is 102 Å². The van der Waals surface area contributed by atoms with Crippen molar-refractivity contribution in [1.29, 1.82) is 0 Å². The summed E-state index contributed by atoms with van der Waals surface area (Å²) in [6.07, 6.45) is 2.14. The van der Waals surface area contributed by atoms with Gasteiger partial charge in [-0.15, -0.1) is 11.3 Å². The Morgan fingerprint density at radius 2 is 1.42 bits per heavy atom. The third-order valence-corrected chi connectivity index (χ3v) is 16.6. The zero-order valence-corrected chi connectivity index (χ0v) is 56.0. The van der Waals surface area contributed by atoms with E-state index in [0.29, 0.717) is 48.4 Å². The van der Waals surface area contributed by atoms with Crippen LogP contribution in [0.5, 0.6) is 0 Å². The van der Waals surface area contributed by atoms with Gasteiger partial charge in [0.15, 0.2) is 6.10 Å². The lowest BCUT2D eigenvalue weighted by Gasteiger charge is -2.40. The van der Waals surface area contributed by atoms with Crippen LogP contribution in [-0.2, 0) is 51.3 Å². The fourth-order valence-electron chi connectivity index (χ4n) is 10.3. The van der Waals surface area contributed by atoms with Gasteiger partial charge in [0.25, 0.3) is 5.91 Å². The summed E-state index contributed by atoms with van der Waals surface area (Å²) in [7, 11) is 2.85. The number of nitrogens with one attached hydrogen (secondary N) is 7. The highest BCUT2D eigenvalue weighted by atomic mass is 32.1. The van der Waals surface area contributed by atoms with E-state index in [0.717, 1.165) is 29.7 Å². The second-order valence-electron chi connectivity index (χ2n) is 24.7. The van der Waals surface area contributed by atoms with E-state index in [-0.39, 0.29) is 80.6 Å². The number of likely N-dealkylation sites (N-methyl/N-ethyl adjacent to an activating group) is 1. The Bertz CT molecular complexity index is 2810. The molecule has 1 heterocycles. The topological polar surface area (TPSA) is 339 Å². The number of carboxylic acids is 1. The smallest absolute Gasteiger partial charge is 0.410 e. The molecule has 3 aromatic rings. The van der Waals surface area contributed by atoms with E-state index in [1.54, 1.807) is 76.1 Å². The number of amides is 10. The number of carbonyl (C=O) groups is 10. The normalized spacial score (nSPS) is 14.1. The summed E-state index contributed by atoms with van der Waals surface area (Å²) in [6.45, 7) is 22.1. The van der Waals surface area contributed by atoms with Crippen LogP contribution < -0.4 is 43.0 Å². The van der Waals surface area contributed by atoms with Crippen LogP contribution in [0.3, 0.4) is 0 Å². The zero-order valence-electron chi connectivity index (χ0n) is 55.2. The molecule has 1 aromatic heterocycles. The summed E-state index contributed by atoms with van der Waals surface area (Å²) in [5.41, 5.74) is 5.92. The van der Waals surface area contributed by atoms with Gasteiger partial charge in [0.2, 0.25) is 29.5 Å². The minimum atomic E-state index is -1.16. The fraction of sp³-hybridized carbons (Fsp3) is 0.615. The molecule has 0 bridgehead atoms. The Kier molecular flexibility index (Phi) is 32.3. The summed E-state index contributed by atoms with van der Waals surface area (Å²) in [5, 5.41) is 31.2. The van der Waals surface area contributed by atoms with Gasteiger partial charge in [-0.25, -0.2) is 19.4 Å². The van der Waals surface area contributed by atoms with Crippen molar-refractivity contribution in [3.8, 4) is 0 Å². The van der Waals surface area contributed by atoms with Gasteiger partial charge in [-0.3, -0.25) is 38.5 Å². The molecule has 3 rings (SSSR count). The minimum Gasteiger partial charge on any atom is -0.481 e. The van der Waals surface area contributed by atoms with Crippen molar-refractivity contribution in [3.63, 3.8) is 0 Å². The van der Waals surface area contributed by atoms with E-state index in [1.807, 2.05) is 71.9 Å². The van der Waals surface area contributed by atoms with Crippen molar-refractivity contribution in [2.45, 2.75) is 203 Å². The minimum absolute atomic E-state index is 0.0401. The number of primary amides is 1. The first-order valence-electron chi connectivity index (χ1n) is 31.4. The Morgan fingerprint density at radius 1 is 0.756 bits per heavy atom. The van der Waals surface area contributed by atoms with Crippen molar-refractivity contribution >= 4 is 76.7 Å². The highest BCUT2D eigenvalue weighted by Crippen LogP contribution is 2.33. The zero-order chi connectivity index (χ0) is 67.4. The number of nitrogens with two attached hydrogens (primary N) is 1. The maximum Gasteiger partial charge on any atom is 0.410 e. The third kappa shape index (κ3) is 24.9. The molecule has 0 aliphatic heterocycles. The van der Waals surface area contributed by atoms with Crippen LogP contribution in [0, 0.1) is 29.1 Å². The van der Waals surface area contributed by atoms with Crippen LogP contribution in [0.1, 0.15) is 180 Å². The number of urea groups is 1. The average molecular weight is 1280 g/mol. The maximum absolute atomic E-state index is 15.2. The van der Waals surface area contributed by atoms with Gasteiger partial charge in [-0.1, -0.05) is 131 Å². The number of benzene rings is 2. The van der Waals surface area contributed by atoms with E-state index in [4.69, 9.17) is 15.2 Å². The van der Waals surface area contributed by atoms with Gasteiger partial charge in [0.1, 0.15) is 41.5 Å². The van der Waals surface area contributed by atoms with Gasteiger partial charge in [-0.2, -0.15) is 0 Å². The molecule has 25 heteroatoms. The number of anilines is 1. The standard InChI is InChI=1S/C65H101N11O13S/c1-15-18-20-27-51(77)73-52(40(6)7)57(80)71-47(26-23-32-68-62(66)85)55(78)69-45-30-28-44(29-31-45)37-88-64(87)75(14)54(41(8)9)58(81)74-53(42(10)17-3)60(82)76(33-16-2)49(39(4)5)35-50(89-63(86)67-13)59-72-48(38-90-59)56(79)70-46(36-65(11,12)61(83)84)34-43-24-21-19-22-25-43/h19,21-22,24-25,28-31,38-42,46-47,49-50,52-54H,15-18,20,23,26-27,32-37H2,1-14H3,(H,67,86)(H,69,78)(H,70,79)(H,71,80)(H,73,77)(H,74,81)(H,83,84)(H3,66,68,85)/t42-,46-,47-,49+,50+,52-,53-,54+/m0/s1. The molecular weight excluding hydrogens is 1170 g/mol. The van der Waals surface area contributed by atoms with Crippen molar-refractivity contribution in [1.82, 2.24) is 46.7 Å². The van der Waals surface area contributed by atoms with E-state index in [1.165, 1.54) is 19.0 Å². The number of aliphatic carboxylic acids is 1. The number of carboxylic acid groups (broad SMARTS) is 1. The monoisotopic (exact) mass is 1280 g/mol. The summed E-state index contributed by atoms with van der Waals surface area (Å²) in [5.74, 6) is -5.22. The van der Waals surface area contributed by atoms with E-state index >= 15 is 4.79 Å². The summed E-state index contributed by atoms with van der Waals surface area (Å²) in [4.78, 5) is 142. The lowest BCUT2D eigenvalue weighted by atomic mass is 9.84. The number of nitrogens with zero attached hydrogens (tertiary/aromatic N) is 3. The number of aromatic nitrogens is 1. The quantitative estimate of drug-likeness (QED) is 0.0243. The first kappa shape index (κ1) is 76.4. The van der Waals surface area contributed by atoms with Crippen LogP contribution in [0.15, 0.2) is 60.0 Å². The molecule has 0 fully saturated rings.